The maximum absolute atomic E-state index is 3.75. The average Bonchev–Trinajstić information content (AvgIpc) is 2.85. The summed E-state index contributed by atoms with van der Waals surface area (Å²) in [5, 5.41) is 5.93. The summed E-state index contributed by atoms with van der Waals surface area (Å²) in [5.41, 5.74) is 3.03. The molecule has 1 N–H and O–H groups in total. The third kappa shape index (κ3) is 3.41. The topological polar surface area (TPSA) is 12.0 Å². The molecule has 0 spiro atoms. The molecule has 1 heterocycles. The highest BCUT2D eigenvalue weighted by Gasteiger charge is 2.26. The largest absolute Gasteiger partial charge is 0.306 e. The molecule has 0 radical (unpaired) electrons. The van der Waals surface area contributed by atoms with E-state index < -0.39 is 0 Å². The molecule has 1 nitrogen and oxygen atoms in total. The van der Waals surface area contributed by atoms with Gasteiger partial charge in [0.05, 0.1) is 6.04 Å². The van der Waals surface area contributed by atoms with Crippen LogP contribution in [0.15, 0.2) is 40.2 Å². The van der Waals surface area contributed by atoms with Crippen molar-refractivity contribution in [3.8, 4) is 0 Å². The molecule has 1 unspecified atom stereocenters. The van der Waals surface area contributed by atoms with Gasteiger partial charge < -0.3 is 5.32 Å². The van der Waals surface area contributed by atoms with Gasteiger partial charge in [-0.2, -0.15) is 0 Å². The molecule has 0 amide bonds. The van der Waals surface area contributed by atoms with Gasteiger partial charge in [-0.05, 0) is 64.8 Å². The van der Waals surface area contributed by atoms with E-state index in [0.29, 0.717) is 6.04 Å². The van der Waals surface area contributed by atoms with Crippen molar-refractivity contribution >= 4 is 27.3 Å². The van der Waals surface area contributed by atoms with Gasteiger partial charge in [0, 0.05) is 14.7 Å². The summed E-state index contributed by atoms with van der Waals surface area (Å²) in [4.78, 5) is 1.40. The zero-order valence-corrected chi connectivity index (χ0v) is 14.8. The molecule has 3 rings (SSSR count). The predicted molar refractivity (Wildman–Crippen MR) is 95.2 cm³/mol. The lowest BCUT2D eigenvalue weighted by Crippen LogP contribution is -2.25. The molecule has 1 aromatic heterocycles. The number of rotatable bonds is 6. The number of nitrogens with one attached hydrogen (secondary N) is 1. The van der Waals surface area contributed by atoms with Crippen LogP contribution in [-0.4, -0.2) is 6.54 Å². The van der Waals surface area contributed by atoms with E-state index in [2.05, 4.69) is 63.9 Å². The lowest BCUT2D eigenvalue weighted by Gasteiger charge is -2.30. The van der Waals surface area contributed by atoms with Gasteiger partial charge in [0.15, 0.2) is 0 Å². The van der Waals surface area contributed by atoms with E-state index in [1.54, 1.807) is 5.56 Å². The molecular formula is C18H22BrNS. The van der Waals surface area contributed by atoms with Crippen molar-refractivity contribution in [1.29, 1.82) is 0 Å². The van der Waals surface area contributed by atoms with Crippen molar-refractivity contribution in [3.05, 3.63) is 56.2 Å². The lowest BCUT2D eigenvalue weighted by atomic mass is 9.77. The second-order valence-corrected chi connectivity index (χ2v) is 7.67. The van der Waals surface area contributed by atoms with Gasteiger partial charge in [0.1, 0.15) is 0 Å². The quantitative estimate of drug-likeness (QED) is 0.676. The van der Waals surface area contributed by atoms with Crippen LogP contribution >= 0.6 is 27.3 Å². The molecule has 1 aromatic carbocycles. The van der Waals surface area contributed by atoms with Crippen molar-refractivity contribution < 1.29 is 0 Å². The van der Waals surface area contributed by atoms with Gasteiger partial charge in [-0.25, -0.2) is 0 Å². The van der Waals surface area contributed by atoms with Crippen molar-refractivity contribution in [2.24, 2.45) is 0 Å². The van der Waals surface area contributed by atoms with Crippen LogP contribution in [0.3, 0.4) is 0 Å². The van der Waals surface area contributed by atoms with E-state index >= 15 is 0 Å². The molecular weight excluding hydrogens is 342 g/mol. The van der Waals surface area contributed by atoms with Gasteiger partial charge in [0.25, 0.3) is 0 Å². The van der Waals surface area contributed by atoms with E-state index in [0.717, 1.165) is 18.9 Å². The van der Waals surface area contributed by atoms with Crippen LogP contribution in [0.25, 0.3) is 0 Å². The molecule has 3 heteroatoms. The molecule has 2 aromatic rings. The van der Waals surface area contributed by atoms with Crippen molar-refractivity contribution in [2.45, 2.75) is 44.6 Å². The summed E-state index contributed by atoms with van der Waals surface area (Å²) >= 11 is 5.44. The Morgan fingerprint density at radius 1 is 1.33 bits per heavy atom. The lowest BCUT2D eigenvalue weighted by molar-refractivity contribution is 0.414. The molecule has 1 atom stereocenters. The normalized spacial score (nSPS) is 16.7. The van der Waals surface area contributed by atoms with E-state index in [1.807, 2.05) is 11.3 Å². The maximum Gasteiger partial charge on any atom is 0.0674 e. The Bertz CT molecular complexity index is 588. The van der Waals surface area contributed by atoms with Gasteiger partial charge in [-0.15, -0.1) is 11.3 Å². The third-order valence-corrected chi connectivity index (χ3v) is 6.08. The van der Waals surface area contributed by atoms with Crippen LogP contribution < -0.4 is 5.32 Å². The number of thiophene rings is 1. The number of halogens is 1. The van der Waals surface area contributed by atoms with Crippen LogP contribution in [0, 0.1) is 0 Å². The van der Waals surface area contributed by atoms with E-state index in [1.165, 1.54) is 34.2 Å². The Balaban J connectivity index is 1.95. The second kappa shape index (κ2) is 7.08. The molecule has 1 saturated carbocycles. The van der Waals surface area contributed by atoms with E-state index in [9.17, 15) is 0 Å². The summed E-state index contributed by atoms with van der Waals surface area (Å²) in [7, 11) is 0. The Labute approximate surface area is 139 Å². The minimum atomic E-state index is 0.332. The van der Waals surface area contributed by atoms with Crippen LogP contribution in [-0.2, 0) is 0 Å². The fraction of sp³-hybridized carbons (Fsp3) is 0.444. The number of benzene rings is 1. The van der Waals surface area contributed by atoms with Crippen molar-refractivity contribution in [1.82, 2.24) is 5.32 Å². The first kappa shape index (κ1) is 15.3. The summed E-state index contributed by atoms with van der Waals surface area (Å²) in [6, 6.07) is 11.6. The van der Waals surface area contributed by atoms with Crippen molar-refractivity contribution in [3.63, 3.8) is 0 Å². The first-order valence-corrected chi connectivity index (χ1v) is 9.53. The SMILES string of the molecule is CCCNC(c1cc(Br)cs1)c1ccccc1C1CCC1. The van der Waals surface area contributed by atoms with Gasteiger partial charge in [-0.1, -0.05) is 37.6 Å². The summed E-state index contributed by atoms with van der Waals surface area (Å²) < 4.78 is 1.19. The number of hydrogen-bond donors (Lipinski definition) is 1. The predicted octanol–water partition coefficient (Wildman–Crippen LogP) is 5.87. The van der Waals surface area contributed by atoms with Crippen LogP contribution in [0.2, 0.25) is 0 Å². The minimum absolute atomic E-state index is 0.332. The Morgan fingerprint density at radius 2 is 2.14 bits per heavy atom. The zero-order valence-electron chi connectivity index (χ0n) is 12.4. The Kier molecular flexibility index (Phi) is 5.15. The molecule has 1 fully saturated rings. The van der Waals surface area contributed by atoms with Gasteiger partial charge in [0.2, 0.25) is 0 Å². The van der Waals surface area contributed by atoms with E-state index in [4.69, 9.17) is 0 Å². The van der Waals surface area contributed by atoms with Crippen LogP contribution in [0.4, 0.5) is 0 Å². The van der Waals surface area contributed by atoms with Gasteiger partial charge >= 0.3 is 0 Å². The minimum Gasteiger partial charge on any atom is -0.306 e. The first-order chi connectivity index (χ1) is 10.3. The summed E-state index contributed by atoms with van der Waals surface area (Å²) in [6.07, 6.45) is 5.25. The van der Waals surface area contributed by atoms with Crippen LogP contribution in [0.5, 0.6) is 0 Å². The highest BCUT2D eigenvalue weighted by molar-refractivity contribution is 9.10. The Morgan fingerprint density at radius 3 is 2.76 bits per heavy atom. The average molecular weight is 364 g/mol. The highest BCUT2D eigenvalue weighted by Crippen LogP contribution is 2.41. The summed E-state index contributed by atoms with van der Waals surface area (Å²) in [6.45, 7) is 3.28. The monoisotopic (exact) mass is 363 g/mol. The number of hydrogen-bond acceptors (Lipinski definition) is 2. The fourth-order valence-electron chi connectivity index (χ4n) is 3.00. The molecule has 0 aliphatic heterocycles. The molecule has 0 saturated heterocycles. The molecule has 112 valence electrons. The maximum atomic E-state index is 3.75. The highest BCUT2D eigenvalue weighted by atomic mass is 79.9. The third-order valence-electron chi connectivity index (χ3n) is 4.32. The molecule has 0 bridgehead atoms. The van der Waals surface area contributed by atoms with Crippen LogP contribution in [0.1, 0.15) is 60.6 Å². The Hall–Kier alpha value is -0.640. The summed E-state index contributed by atoms with van der Waals surface area (Å²) in [5.74, 6) is 0.774. The molecule has 21 heavy (non-hydrogen) atoms. The fourth-order valence-corrected chi connectivity index (χ4v) is 4.53. The molecule has 1 aliphatic rings. The first-order valence-electron chi connectivity index (χ1n) is 7.85. The van der Waals surface area contributed by atoms with Gasteiger partial charge in [-0.3, -0.25) is 0 Å². The molecule has 1 aliphatic carbocycles. The van der Waals surface area contributed by atoms with E-state index in [-0.39, 0.29) is 0 Å². The zero-order chi connectivity index (χ0) is 14.7. The van der Waals surface area contributed by atoms with Crippen molar-refractivity contribution in [2.75, 3.05) is 6.54 Å². The second-order valence-electron chi connectivity index (χ2n) is 5.81. The standard InChI is InChI=1S/C18H22BrNS/c1-2-10-20-18(17-11-14(19)12-21-17)16-9-4-3-8-15(16)13-6-5-7-13/h3-4,8-9,11-13,18,20H,2,5-7,10H2,1H3. The smallest absolute Gasteiger partial charge is 0.0674 e.